The molecule has 288 valence electrons. The number of hydrogen-bond donors (Lipinski definition) is 4. The highest BCUT2D eigenvalue weighted by Crippen LogP contribution is 2.31. The van der Waals surface area contributed by atoms with E-state index in [-0.39, 0.29) is 24.4 Å². The zero-order valence-corrected chi connectivity index (χ0v) is 32.5. The predicted molar refractivity (Wildman–Crippen MR) is 218 cm³/mol. The molecule has 11 heteroatoms. The summed E-state index contributed by atoms with van der Waals surface area (Å²) < 4.78 is 7.52. The molecule has 2 atom stereocenters. The summed E-state index contributed by atoms with van der Waals surface area (Å²) in [6.45, 7) is 14.4. The fourth-order valence-electron chi connectivity index (χ4n) is 7.99. The molecule has 2 aliphatic heterocycles. The van der Waals surface area contributed by atoms with Gasteiger partial charge in [0.05, 0.1) is 17.3 Å². The van der Waals surface area contributed by atoms with Crippen LogP contribution in [0.25, 0.3) is 22.2 Å². The minimum atomic E-state index is -0.256. The molecule has 4 heterocycles. The molecule has 2 aliphatic rings. The molecule has 0 unspecified atom stereocenters. The van der Waals surface area contributed by atoms with Crippen molar-refractivity contribution in [1.82, 2.24) is 35.6 Å². The lowest BCUT2D eigenvalue weighted by Gasteiger charge is -2.36. The molecule has 0 spiro atoms. The van der Waals surface area contributed by atoms with E-state index in [1.807, 2.05) is 23.0 Å². The quantitative estimate of drug-likeness (QED) is 0.111. The first-order chi connectivity index (χ1) is 26.8. The van der Waals surface area contributed by atoms with Crippen molar-refractivity contribution >= 4 is 28.5 Å². The van der Waals surface area contributed by atoms with Crippen LogP contribution in [0.3, 0.4) is 0 Å². The molecular weight excluding hydrogens is 689 g/mol. The molecule has 7 rings (SSSR count). The highest BCUT2D eigenvalue weighted by Gasteiger charge is 2.23. The van der Waals surface area contributed by atoms with Crippen LogP contribution < -0.4 is 21.3 Å². The number of amides is 2. The number of pyridine rings is 1. The van der Waals surface area contributed by atoms with Crippen LogP contribution in [0, 0.1) is 0 Å². The van der Waals surface area contributed by atoms with Crippen LogP contribution >= 0.6 is 0 Å². The number of nitrogens with one attached hydrogen (secondary N) is 4. The van der Waals surface area contributed by atoms with Gasteiger partial charge < -0.3 is 26.0 Å². The standard InChI is InChI=1S/C44H54N8O3/c1-5-40-38(41(49-37-16-18-55-19-17-37)39-25-47-52(6-2)42(39)50-40)24-46-44(54)36-15-9-14-35(22-36)43(53)45-23-31-10-7-12-33(20-31)34-13-8-11-32(21-34)28-51-26-29(3)48-30(4)27-51/h7-15,20-22,25,29-30,37,48H,5-6,16-19,23-24,26-28H2,1-4H3,(H,45,53)(H,46,54)(H,49,50)/t29-,30+. The summed E-state index contributed by atoms with van der Waals surface area (Å²) in [4.78, 5) is 34.5. The maximum absolute atomic E-state index is 13.6. The fourth-order valence-corrected chi connectivity index (χ4v) is 7.99. The van der Waals surface area contributed by atoms with Gasteiger partial charge in [-0.3, -0.25) is 14.5 Å². The van der Waals surface area contributed by atoms with Gasteiger partial charge in [-0.1, -0.05) is 49.4 Å². The Labute approximate surface area is 324 Å². The number of fused-ring (bicyclic) bond motifs is 1. The predicted octanol–water partition coefficient (Wildman–Crippen LogP) is 6.31. The molecule has 0 aliphatic carbocycles. The molecule has 4 N–H and O–H groups in total. The van der Waals surface area contributed by atoms with Crippen molar-refractivity contribution < 1.29 is 14.3 Å². The second kappa shape index (κ2) is 17.6. The lowest BCUT2D eigenvalue weighted by molar-refractivity contribution is 0.0904. The van der Waals surface area contributed by atoms with Gasteiger partial charge in [0.1, 0.15) is 0 Å². The van der Waals surface area contributed by atoms with Crippen LogP contribution in [-0.4, -0.2) is 75.9 Å². The van der Waals surface area contributed by atoms with Gasteiger partial charge in [0.15, 0.2) is 5.65 Å². The molecule has 3 aromatic carbocycles. The molecule has 0 bridgehead atoms. The van der Waals surface area contributed by atoms with Crippen molar-refractivity contribution in [3.05, 3.63) is 113 Å². The topological polar surface area (TPSA) is 125 Å². The number of rotatable bonds is 13. The molecule has 55 heavy (non-hydrogen) atoms. The highest BCUT2D eigenvalue weighted by atomic mass is 16.5. The van der Waals surface area contributed by atoms with Gasteiger partial charge in [-0.2, -0.15) is 5.10 Å². The SMILES string of the molecule is CCc1nc2c(cnn2CC)c(NC2CCOCC2)c1CNC(=O)c1cccc(C(=O)NCc2cccc(-c3cccc(CN4C[C@@H](C)N[C@@H](C)C4)c3)c2)c1. The number of aryl methyl sites for hydroxylation is 2. The minimum absolute atomic E-state index is 0.236. The average molecular weight is 743 g/mol. The summed E-state index contributed by atoms with van der Waals surface area (Å²) >= 11 is 0. The first-order valence-corrected chi connectivity index (χ1v) is 19.8. The number of carbonyl (C=O) groups excluding carboxylic acids is 2. The smallest absolute Gasteiger partial charge is 0.251 e. The number of hydrogen-bond acceptors (Lipinski definition) is 8. The van der Waals surface area contributed by atoms with Gasteiger partial charge in [0, 0.05) is 93.0 Å². The first kappa shape index (κ1) is 38.2. The lowest BCUT2D eigenvalue weighted by atomic mass is 10.0. The van der Waals surface area contributed by atoms with Crippen molar-refractivity contribution in [2.24, 2.45) is 0 Å². The molecule has 2 amide bonds. The number of ether oxygens (including phenoxy) is 1. The number of aromatic nitrogens is 3. The Kier molecular flexibility index (Phi) is 12.2. The van der Waals surface area contributed by atoms with E-state index >= 15 is 0 Å². The van der Waals surface area contributed by atoms with E-state index in [9.17, 15) is 9.59 Å². The average Bonchev–Trinajstić information content (AvgIpc) is 3.62. The first-order valence-electron chi connectivity index (χ1n) is 19.8. The number of piperazine rings is 1. The lowest BCUT2D eigenvalue weighted by Crippen LogP contribution is -2.53. The van der Waals surface area contributed by atoms with Crippen molar-refractivity contribution in [2.75, 3.05) is 31.6 Å². The van der Waals surface area contributed by atoms with Gasteiger partial charge in [0.25, 0.3) is 11.8 Å². The Balaban J connectivity index is 1.00. The molecule has 0 saturated carbocycles. The molecule has 2 fully saturated rings. The Bertz CT molecular complexity index is 2110. The van der Waals surface area contributed by atoms with E-state index < -0.39 is 0 Å². The monoisotopic (exact) mass is 742 g/mol. The summed E-state index contributed by atoms with van der Waals surface area (Å²) in [6, 6.07) is 25.1. The Hall–Kier alpha value is -5.10. The summed E-state index contributed by atoms with van der Waals surface area (Å²) in [5.74, 6) is -0.491. The highest BCUT2D eigenvalue weighted by molar-refractivity contribution is 6.00. The summed E-state index contributed by atoms with van der Waals surface area (Å²) in [5, 5.41) is 19.1. The Morgan fingerprint density at radius 1 is 0.836 bits per heavy atom. The van der Waals surface area contributed by atoms with Crippen LogP contribution in [-0.2, 0) is 37.3 Å². The van der Waals surface area contributed by atoms with Crippen LogP contribution in [0.4, 0.5) is 5.69 Å². The normalized spacial score (nSPS) is 18.0. The van der Waals surface area contributed by atoms with Gasteiger partial charge in [-0.05, 0) is 92.6 Å². The van der Waals surface area contributed by atoms with Crippen LogP contribution in [0.1, 0.15) is 83.6 Å². The van der Waals surface area contributed by atoms with E-state index in [4.69, 9.17) is 9.72 Å². The van der Waals surface area contributed by atoms with Crippen molar-refractivity contribution in [3.8, 4) is 11.1 Å². The van der Waals surface area contributed by atoms with Gasteiger partial charge >= 0.3 is 0 Å². The van der Waals surface area contributed by atoms with Gasteiger partial charge in [0.2, 0.25) is 0 Å². The third-order valence-electron chi connectivity index (χ3n) is 10.7. The third-order valence-corrected chi connectivity index (χ3v) is 10.7. The third kappa shape index (κ3) is 9.24. The number of anilines is 1. The number of carbonyl (C=O) groups is 2. The molecule has 2 saturated heterocycles. The molecule has 11 nitrogen and oxygen atoms in total. The number of benzene rings is 3. The summed E-state index contributed by atoms with van der Waals surface area (Å²) in [7, 11) is 0. The molecule has 5 aromatic rings. The van der Waals surface area contributed by atoms with Crippen LogP contribution in [0.2, 0.25) is 0 Å². The minimum Gasteiger partial charge on any atom is -0.381 e. The maximum Gasteiger partial charge on any atom is 0.251 e. The molecular formula is C44H54N8O3. The summed E-state index contributed by atoms with van der Waals surface area (Å²) in [5.41, 5.74) is 9.10. The van der Waals surface area contributed by atoms with Crippen LogP contribution in [0.5, 0.6) is 0 Å². The number of nitrogens with zero attached hydrogens (tertiary/aromatic N) is 4. The maximum atomic E-state index is 13.6. The molecule has 2 aromatic heterocycles. The van der Waals surface area contributed by atoms with E-state index in [1.165, 1.54) is 5.56 Å². The van der Waals surface area contributed by atoms with E-state index in [2.05, 4.69) is 95.4 Å². The van der Waals surface area contributed by atoms with Gasteiger partial charge in [-0.25, -0.2) is 9.67 Å². The van der Waals surface area contributed by atoms with Crippen molar-refractivity contribution in [1.29, 1.82) is 0 Å². The van der Waals surface area contributed by atoms with E-state index in [0.717, 1.165) is 77.1 Å². The van der Waals surface area contributed by atoms with E-state index in [0.29, 0.717) is 55.9 Å². The molecule has 0 radical (unpaired) electrons. The second-order valence-electron chi connectivity index (χ2n) is 15.0. The van der Waals surface area contributed by atoms with Crippen molar-refractivity contribution in [3.63, 3.8) is 0 Å². The second-order valence-corrected chi connectivity index (χ2v) is 15.0. The zero-order valence-electron chi connectivity index (χ0n) is 32.5. The van der Waals surface area contributed by atoms with Crippen LogP contribution in [0.15, 0.2) is 79.0 Å². The summed E-state index contributed by atoms with van der Waals surface area (Å²) in [6.07, 6.45) is 4.39. The largest absolute Gasteiger partial charge is 0.381 e. The van der Waals surface area contributed by atoms with E-state index in [1.54, 1.807) is 24.3 Å². The van der Waals surface area contributed by atoms with Crippen molar-refractivity contribution in [2.45, 2.75) is 91.3 Å². The fraction of sp³-hybridized carbons (Fsp3) is 0.409. The Morgan fingerprint density at radius 2 is 1.47 bits per heavy atom. The zero-order chi connectivity index (χ0) is 38.3. The Morgan fingerprint density at radius 3 is 2.15 bits per heavy atom. The van der Waals surface area contributed by atoms with Gasteiger partial charge in [-0.15, -0.1) is 0 Å².